The van der Waals surface area contributed by atoms with E-state index in [-0.39, 0.29) is 12.4 Å². The fourth-order valence-electron chi connectivity index (χ4n) is 1.41. The molecule has 0 fully saturated rings. The third-order valence-corrected chi connectivity index (χ3v) is 3.23. The number of halogens is 1. The Hall–Kier alpha value is -0.320. The summed E-state index contributed by atoms with van der Waals surface area (Å²) in [7, 11) is 1.93. The lowest BCUT2D eigenvalue weighted by atomic mass is 10.2. The summed E-state index contributed by atoms with van der Waals surface area (Å²) in [6.45, 7) is 2.16. The Labute approximate surface area is 88.4 Å². The van der Waals surface area contributed by atoms with Gasteiger partial charge in [-0.25, -0.2) is 4.98 Å². The molecule has 0 atom stereocenters. The zero-order valence-electron chi connectivity index (χ0n) is 7.59. The standard InChI is InChI=1S/C8H13N3S.ClH/c1-9-8-11-6-2-4-10-5-3-7(6)12-8;/h10H,2-5H2,1H3,(H,9,11);1H. The molecule has 5 heteroatoms. The smallest absolute Gasteiger partial charge is 0.182 e. The molecule has 1 aromatic rings. The number of nitrogens with one attached hydrogen (secondary N) is 2. The maximum absolute atomic E-state index is 4.50. The van der Waals surface area contributed by atoms with Gasteiger partial charge in [0.15, 0.2) is 5.13 Å². The normalized spacial score (nSPS) is 15.5. The molecule has 1 aliphatic heterocycles. The van der Waals surface area contributed by atoms with Crippen molar-refractivity contribution < 1.29 is 0 Å². The van der Waals surface area contributed by atoms with Gasteiger partial charge in [-0.3, -0.25) is 0 Å². The van der Waals surface area contributed by atoms with Crippen LogP contribution in [0.5, 0.6) is 0 Å². The highest BCUT2D eigenvalue weighted by molar-refractivity contribution is 7.15. The van der Waals surface area contributed by atoms with Gasteiger partial charge in [0, 0.05) is 31.4 Å². The lowest BCUT2D eigenvalue weighted by Crippen LogP contribution is -2.16. The second-order valence-electron chi connectivity index (χ2n) is 2.89. The molecule has 0 spiro atoms. The molecule has 2 N–H and O–H groups in total. The van der Waals surface area contributed by atoms with Crippen molar-refractivity contribution in [2.24, 2.45) is 0 Å². The number of hydrogen-bond donors (Lipinski definition) is 2. The van der Waals surface area contributed by atoms with Crippen molar-refractivity contribution in [1.82, 2.24) is 10.3 Å². The highest BCUT2D eigenvalue weighted by Gasteiger charge is 2.12. The van der Waals surface area contributed by atoms with Crippen molar-refractivity contribution in [1.29, 1.82) is 0 Å². The molecular formula is C8H14ClN3S. The molecule has 0 aliphatic carbocycles. The van der Waals surface area contributed by atoms with Crippen LogP contribution in [0.25, 0.3) is 0 Å². The van der Waals surface area contributed by atoms with E-state index >= 15 is 0 Å². The van der Waals surface area contributed by atoms with Gasteiger partial charge in [0.25, 0.3) is 0 Å². The summed E-state index contributed by atoms with van der Waals surface area (Å²) in [6, 6.07) is 0. The van der Waals surface area contributed by atoms with E-state index in [4.69, 9.17) is 0 Å². The van der Waals surface area contributed by atoms with Crippen LogP contribution in [0, 0.1) is 0 Å². The van der Waals surface area contributed by atoms with Crippen molar-refractivity contribution in [3.8, 4) is 0 Å². The first-order valence-corrected chi connectivity index (χ1v) is 5.09. The van der Waals surface area contributed by atoms with E-state index in [2.05, 4.69) is 15.6 Å². The maximum atomic E-state index is 4.50. The second kappa shape index (κ2) is 4.79. The first-order valence-electron chi connectivity index (χ1n) is 4.27. The highest BCUT2D eigenvalue weighted by atomic mass is 35.5. The predicted octanol–water partition coefficient (Wildman–Crippen LogP) is 1.29. The van der Waals surface area contributed by atoms with Crippen molar-refractivity contribution in [2.75, 3.05) is 25.5 Å². The third kappa shape index (κ3) is 2.33. The van der Waals surface area contributed by atoms with Gasteiger partial charge in [0.05, 0.1) is 5.69 Å². The summed E-state index contributed by atoms with van der Waals surface area (Å²) in [5.41, 5.74) is 1.29. The summed E-state index contributed by atoms with van der Waals surface area (Å²) in [4.78, 5) is 5.95. The van der Waals surface area contributed by atoms with Crippen LogP contribution in [0.1, 0.15) is 10.6 Å². The van der Waals surface area contributed by atoms with Gasteiger partial charge >= 0.3 is 0 Å². The predicted molar refractivity (Wildman–Crippen MR) is 59.2 cm³/mol. The van der Waals surface area contributed by atoms with Gasteiger partial charge in [-0.05, 0) is 6.42 Å². The molecular weight excluding hydrogens is 206 g/mol. The maximum Gasteiger partial charge on any atom is 0.182 e. The average molecular weight is 220 g/mol. The van der Waals surface area contributed by atoms with E-state index in [1.807, 2.05) is 7.05 Å². The fraction of sp³-hybridized carbons (Fsp3) is 0.625. The number of rotatable bonds is 1. The van der Waals surface area contributed by atoms with E-state index in [9.17, 15) is 0 Å². The average Bonchev–Trinajstić information content (AvgIpc) is 2.37. The molecule has 1 aromatic heterocycles. The topological polar surface area (TPSA) is 37.0 Å². The number of fused-ring (bicyclic) bond motifs is 1. The van der Waals surface area contributed by atoms with Crippen molar-refractivity contribution in [2.45, 2.75) is 12.8 Å². The lowest BCUT2D eigenvalue weighted by molar-refractivity contribution is 0.709. The lowest BCUT2D eigenvalue weighted by Gasteiger charge is -1.95. The minimum absolute atomic E-state index is 0. The van der Waals surface area contributed by atoms with E-state index in [0.717, 1.165) is 31.1 Å². The zero-order chi connectivity index (χ0) is 8.39. The van der Waals surface area contributed by atoms with E-state index in [0.29, 0.717) is 0 Å². The molecule has 0 saturated heterocycles. The van der Waals surface area contributed by atoms with Crippen LogP contribution >= 0.6 is 23.7 Å². The van der Waals surface area contributed by atoms with Gasteiger partial charge in [-0.2, -0.15) is 0 Å². The fourth-order valence-corrected chi connectivity index (χ4v) is 2.38. The molecule has 3 nitrogen and oxygen atoms in total. The van der Waals surface area contributed by atoms with Crippen molar-refractivity contribution in [3.63, 3.8) is 0 Å². The molecule has 2 heterocycles. The van der Waals surface area contributed by atoms with Crippen LogP contribution in [0.2, 0.25) is 0 Å². The Morgan fingerprint density at radius 1 is 1.38 bits per heavy atom. The molecule has 13 heavy (non-hydrogen) atoms. The third-order valence-electron chi connectivity index (χ3n) is 2.06. The molecule has 2 rings (SSSR count). The largest absolute Gasteiger partial charge is 0.365 e. The van der Waals surface area contributed by atoms with E-state index in [1.165, 1.54) is 10.6 Å². The zero-order valence-corrected chi connectivity index (χ0v) is 9.23. The molecule has 1 aliphatic rings. The first-order chi connectivity index (χ1) is 5.90. The summed E-state index contributed by atoms with van der Waals surface area (Å²) >= 11 is 1.79. The van der Waals surface area contributed by atoms with E-state index in [1.54, 1.807) is 11.3 Å². The number of aromatic nitrogens is 1. The quantitative estimate of drug-likeness (QED) is 0.748. The Bertz CT molecular complexity index is 251. The Balaban J connectivity index is 0.000000845. The molecule has 0 saturated carbocycles. The van der Waals surface area contributed by atoms with Crippen molar-refractivity contribution in [3.05, 3.63) is 10.6 Å². The van der Waals surface area contributed by atoms with Gasteiger partial charge in [-0.1, -0.05) is 0 Å². The second-order valence-corrected chi connectivity index (χ2v) is 3.97. The summed E-state index contributed by atoms with van der Waals surface area (Å²) < 4.78 is 0. The number of thiazole rings is 1. The minimum Gasteiger partial charge on any atom is -0.365 e. The SMILES string of the molecule is CNc1nc2c(s1)CCNCC2.Cl. The monoisotopic (exact) mass is 219 g/mol. The Kier molecular flexibility index (Phi) is 3.96. The van der Waals surface area contributed by atoms with Crippen LogP contribution in [0.3, 0.4) is 0 Å². The molecule has 0 bridgehead atoms. The van der Waals surface area contributed by atoms with Crippen LogP contribution < -0.4 is 10.6 Å². The Morgan fingerprint density at radius 2 is 2.15 bits per heavy atom. The first kappa shape index (κ1) is 10.8. The minimum atomic E-state index is 0. The van der Waals surface area contributed by atoms with E-state index < -0.39 is 0 Å². The van der Waals surface area contributed by atoms with Crippen molar-refractivity contribution >= 4 is 28.9 Å². The molecule has 0 unspecified atom stereocenters. The summed E-state index contributed by atoms with van der Waals surface area (Å²) in [5, 5.41) is 7.51. The van der Waals surface area contributed by atoms with Crippen LogP contribution in [-0.4, -0.2) is 25.1 Å². The van der Waals surface area contributed by atoms with Gasteiger partial charge < -0.3 is 10.6 Å². The van der Waals surface area contributed by atoms with Crippen LogP contribution in [0.15, 0.2) is 0 Å². The molecule has 0 amide bonds. The van der Waals surface area contributed by atoms with Gasteiger partial charge in [-0.15, -0.1) is 23.7 Å². The number of nitrogens with zero attached hydrogens (tertiary/aromatic N) is 1. The Morgan fingerprint density at radius 3 is 2.92 bits per heavy atom. The number of hydrogen-bond acceptors (Lipinski definition) is 4. The van der Waals surface area contributed by atoms with Gasteiger partial charge in [0.2, 0.25) is 0 Å². The summed E-state index contributed by atoms with van der Waals surface area (Å²) in [5.74, 6) is 0. The molecule has 0 aromatic carbocycles. The summed E-state index contributed by atoms with van der Waals surface area (Å²) in [6.07, 6.45) is 2.21. The highest BCUT2D eigenvalue weighted by Crippen LogP contribution is 2.24. The van der Waals surface area contributed by atoms with Gasteiger partial charge in [0.1, 0.15) is 0 Å². The molecule has 74 valence electrons. The number of anilines is 1. The van der Waals surface area contributed by atoms with Crippen LogP contribution in [-0.2, 0) is 12.8 Å². The van der Waals surface area contributed by atoms with Crippen LogP contribution in [0.4, 0.5) is 5.13 Å². The molecule has 0 radical (unpaired) electrons.